The molecule has 0 aliphatic carbocycles. The van der Waals surface area contributed by atoms with Gasteiger partial charge in [-0.05, 0) is 57.2 Å². The number of primary amides is 1. The van der Waals surface area contributed by atoms with E-state index < -0.39 is 71.2 Å². The minimum absolute atomic E-state index is 0.101. The number of nitrogens with one attached hydrogen (secondary N) is 1. The highest BCUT2D eigenvalue weighted by Gasteiger charge is 2.53. The van der Waals surface area contributed by atoms with Crippen LogP contribution in [0.4, 0.5) is 13.2 Å². The molecule has 222 valence electrons. The number of carbonyl (C=O) groups excluding carboxylic acids is 4. The van der Waals surface area contributed by atoms with Gasteiger partial charge in [-0.15, -0.1) is 0 Å². The molecule has 6 atom stereocenters. The van der Waals surface area contributed by atoms with Crippen molar-refractivity contribution in [1.29, 1.82) is 0 Å². The molecule has 11 nitrogen and oxygen atoms in total. The van der Waals surface area contributed by atoms with Crippen LogP contribution in [-0.4, -0.2) is 92.6 Å². The molecule has 3 rings (SSSR count). The maximum atomic E-state index is 14.0. The van der Waals surface area contributed by atoms with E-state index in [4.69, 9.17) is 11.5 Å². The number of nitrogens with two attached hydrogens (primary N) is 2. The van der Waals surface area contributed by atoms with E-state index in [0.29, 0.717) is 18.4 Å². The molecule has 1 aromatic rings. The summed E-state index contributed by atoms with van der Waals surface area (Å²) in [5.41, 5.74) is 8.99. The smallest absolute Gasteiger partial charge is 0.391 e. The molecule has 2 fully saturated rings. The molecule has 0 spiro atoms. The number of benzene rings is 1. The van der Waals surface area contributed by atoms with E-state index in [9.17, 15) is 42.6 Å². The van der Waals surface area contributed by atoms with Crippen molar-refractivity contribution < 1.29 is 42.6 Å². The van der Waals surface area contributed by atoms with Crippen molar-refractivity contribution in [3.63, 3.8) is 0 Å². The Hall–Kier alpha value is -3.23. The predicted molar refractivity (Wildman–Crippen MR) is 136 cm³/mol. The summed E-state index contributed by atoms with van der Waals surface area (Å²) >= 11 is 0. The minimum Gasteiger partial charge on any atom is -0.391 e. The largest absolute Gasteiger partial charge is 0.416 e. The lowest BCUT2D eigenvalue weighted by molar-refractivity contribution is -0.152. The number of likely N-dealkylation sites (tertiary alicyclic amines) is 2. The Balaban J connectivity index is 2.00. The number of hydrogen-bond donors (Lipinski definition) is 5. The Kier molecular flexibility index (Phi) is 9.47. The Morgan fingerprint density at radius 3 is 2.23 bits per heavy atom. The van der Waals surface area contributed by atoms with Gasteiger partial charge in [-0.25, -0.2) is 0 Å². The molecule has 4 amide bonds. The molecule has 0 saturated carbocycles. The fraction of sp³-hybridized carbons (Fsp3) is 0.615. The third-order valence-electron chi connectivity index (χ3n) is 7.66. The molecule has 2 aliphatic rings. The maximum Gasteiger partial charge on any atom is 0.416 e. The average molecular weight is 572 g/mol. The summed E-state index contributed by atoms with van der Waals surface area (Å²) in [6, 6.07) is 0.465. The van der Waals surface area contributed by atoms with E-state index >= 15 is 0 Å². The van der Waals surface area contributed by atoms with E-state index in [1.807, 2.05) is 0 Å². The lowest BCUT2D eigenvalue weighted by Gasteiger charge is -2.41. The van der Waals surface area contributed by atoms with Crippen molar-refractivity contribution in [2.75, 3.05) is 13.1 Å². The first-order chi connectivity index (χ1) is 18.6. The monoisotopic (exact) mass is 571 g/mol. The van der Waals surface area contributed by atoms with Crippen LogP contribution < -0.4 is 16.8 Å². The van der Waals surface area contributed by atoms with Gasteiger partial charge in [-0.3, -0.25) is 19.2 Å². The molecule has 14 heteroatoms. The minimum atomic E-state index is -4.57. The third-order valence-corrected chi connectivity index (χ3v) is 7.66. The molecule has 0 radical (unpaired) electrons. The first-order valence-corrected chi connectivity index (χ1v) is 13.1. The number of hydrogen-bond acceptors (Lipinski definition) is 7. The lowest BCUT2D eigenvalue weighted by atomic mass is 9.85. The zero-order chi connectivity index (χ0) is 30.0. The summed E-state index contributed by atoms with van der Waals surface area (Å²) in [6.45, 7) is 2.92. The zero-order valence-corrected chi connectivity index (χ0v) is 22.4. The quantitative estimate of drug-likeness (QED) is 0.269. The number of halogens is 3. The summed E-state index contributed by atoms with van der Waals surface area (Å²) < 4.78 is 39.4. The fourth-order valence-corrected chi connectivity index (χ4v) is 5.42. The molecule has 0 unspecified atom stereocenters. The normalized spacial score (nSPS) is 24.4. The van der Waals surface area contributed by atoms with Crippen LogP contribution >= 0.6 is 0 Å². The third kappa shape index (κ3) is 6.39. The first-order valence-electron chi connectivity index (χ1n) is 13.1. The molecular weight excluding hydrogens is 535 g/mol. The van der Waals surface area contributed by atoms with Gasteiger partial charge < -0.3 is 36.8 Å². The summed E-state index contributed by atoms with van der Waals surface area (Å²) in [7, 11) is 0. The topological polar surface area (TPSA) is 179 Å². The second-order valence-electron chi connectivity index (χ2n) is 10.5. The van der Waals surface area contributed by atoms with Crippen LogP contribution in [-0.2, 0) is 31.8 Å². The highest BCUT2D eigenvalue weighted by Crippen LogP contribution is 2.37. The van der Waals surface area contributed by atoms with Crippen molar-refractivity contribution in [2.45, 2.75) is 88.0 Å². The van der Waals surface area contributed by atoms with Gasteiger partial charge in [0.05, 0.1) is 17.8 Å². The number of rotatable bonds is 9. The van der Waals surface area contributed by atoms with Gasteiger partial charge in [0.15, 0.2) is 0 Å². The number of alkyl halides is 3. The Morgan fingerprint density at radius 2 is 1.70 bits per heavy atom. The molecule has 40 heavy (non-hydrogen) atoms. The molecule has 2 aliphatic heterocycles. The Bertz CT molecular complexity index is 1110. The first kappa shape index (κ1) is 31.3. The number of nitrogens with zero attached hydrogens (tertiary/aromatic N) is 2. The van der Waals surface area contributed by atoms with E-state index in [-0.39, 0.29) is 32.4 Å². The van der Waals surface area contributed by atoms with Gasteiger partial charge >= 0.3 is 6.18 Å². The maximum absolute atomic E-state index is 14.0. The van der Waals surface area contributed by atoms with E-state index in [0.717, 1.165) is 12.1 Å². The van der Waals surface area contributed by atoms with Crippen LogP contribution in [0.3, 0.4) is 0 Å². The summed E-state index contributed by atoms with van der Waals surface area (Å²) in [5.74, 6) is -3.00. The SMILES string of the molecule is C[C@@H](O)[C@H](N)C(=O)N1CCC[C@H]1C(=O)N1CCC[C@]1(Cc1ccc(C(F)(F)F)cc1)C(=O)N[C@H](C(N)=O)[C@@H](C)O. The highest BCUT2D eigenvalue weighted by atomic mass is 19.4. The second kappa shape index (κ2) is 12.1. The van der Waals surface area contributed by atoms with Crippen LogP contribution in [0.25, 0.3) is 0 Å². The van der Waals surface area contributed by atoms with Crippen molar-refractivity contribution in [1.82, 2.24) is 15.1 Å². The van der Waals surface area contributed by atoms with Crippen molar-refractivity contribution in [3.8, 4) is 0 Å². The van der Waals surface area contributed by atoms with Crippen molar-refractivity contribution in [2.24, 2.45) is 11.5 Å². The number of aliphatic hydroxyl groups is 2. The highest BCUT2D eigenvalue weighted by molar-refractivity contribution is 5.98. The summed E-state index contributed by atoms with van der Waals surface area (Å²) in [5, 5.41) is 22.2. The van der Waals surface area contributed by atoms with Gasteiger partial charge in [-0.2, -0.15) is 13.2 Å². The molecule has 2 saturated heterocycles. The van der Waals surface area contributed by atoms with Gasteiger partial charge in [0.25, 0.3) is 0 Å². The second-order valence-corrected chi connectivity index (χ2v) is 10.5. The molecule has 1 aromatic carbocycles. The van der Waals surface area contributed by atoms with Crippen LogP contribution in [0, 0.1) is 0 Å². The standard InChI is InChI=1S/C26H36F3N5O6/c1-14(35)19(30)23(39)33-11-3-5-18(33)22(38)34-12-4-10-25(34,24(40)32-20(15(2)36)21(31)37)13-16-6-8-17(9-7-16)26(27,28)29/h6-9,14-15,18-20,35-36H,3-5,10-13,30H2,1-2H3,(H2,31,37)(H,32,40)/t14-,15-,18+,19+,20+,25+/m1/s1. The van der Waals surface area contributed by atoms with Crippen LogP contribution in [0.15, 0.2) is 24.3 Å². The summed E-state index contributed by atoms with van der Waals surface area (Å²) in [4.78, 5) is 55.2. The Morgan fingerprint density at radius 1 is 1.07 bits per heavy atom. The molecular formula is C26H36F3N5O6. The van der Waals surface area contributed by atoms with E-state index in [2.05, 4.69) is 5.32 Å². The molecule has 0 bridgehead atoms. The average Bonchev–Trinajstić information content (AvgIpc) is 3.53. The van der Waals surface area contributed by atoms with Gasteiger partial charge in [0.2, 0.25) is 23.6 Å². The molecule has 0 aromatic heterocycles. The van der Waals surface area contributed by atoms with Crippen LogP contribution in [0.2, 0.25) is 0 Å². The molecule has 7 N–H and O–H groups in total. The van der Waals surface area contributed by atoms with E-state index in [1.165, 1.54) is 35.8 Å². The zero-order valence-electron chi connectivity index (χ0n) is 22.4. The van der Waals surface area contributed by atoms with Gasteiger partial charge in [0, 0.05) is 19.5 Å². The fourth-order valence-electron chi connectivity index (χ4n) is 5.42. The van der Waals surface area contributed by atoms with Crippen molar-refractivity contribution in [3.05, 3.63) is 35.4 Å². The lowest BCUT2D eigenvalue weighted by Crippen LogP contribution is -2.65. The van der Waals surface area contributed by atoms with Crippen molar-refractivity contribution >= 4 is 23.6 Å². The Labute approximate surface area is 229 Å². The number of carbonyl (C=O) groups is 4. The predicted octanol–water partition coefficient (Wildman–Crippen LogP) is -0.341. The van der Waals surface area contributed by atoms with E-state index in [1.54, 1.807) is 0 Å². The molecule has 2 heterocycles. The van der Waals surface area contributed by atoms with Gasteiger partial charge in [-0.1, -0.05) is 12.1 Å². The van der Waals surface area contributed by atoms with Gasteiger partial charge in [0.1, 0.15) is 23.7 Å². The van der Waals surface area contributed by atoms with Crippen LogP contribution in [0.1, 0.15) is 50.7 Å². The number of aliphatic hydroxyl groups excluding tert-OH is 2. The number of amides is 4. The van der Waals surface area contributed by atoms with Crippen LogP contribution in [0.5, 0.6) is 0 Å². The summed E-state index contributed by atoms with van der Waals surface area (Å²) in [6.07, 6.45) is -6.07.